The van der Waals surface area contributed by atoms with Gasteiger partial charge in [0.05, 0.1) is 12.2 Å². The van der Waals surface area contributed by atoms with Gasteiger partial charge in [-0.15, -0.1) is 24.0 Å². The number of halogens is 1. The molecular weight excluding hydrogens is 405 g/mol. The maximum Gasteiger partial charge on any atom is 0.191 e. The van der Waals surface area contributed by atoms with Crippen LogP contribution in [-0.2, 0) is 9.47 Å². The zero-order valence-electron chi connectivity index (χ0n) is 15.5. The monoisotopic (exact) mass is 441 g/mol. The molecule has 1 saturated carbocycles. The average molecular weight is 441 g/mol. The molecule has 0 spiro atoms. The summed E-state index contributed by atoms with van der Waals surface area (Å²) in [5.74, 6) is 0.826. The number of nitrogens with one attached hydrogen (secondary N) is 2. The Balaban J connectivity index is 0.00000484. The van der Waals surface area contributed by atoms with Crippen molar-refractivity contribution in [2.24, 2.45) is 10.4 Å². The van der Waals surface area contributed by atoms with Crippen molar-refractivity contribution in [2.75, 3.05) is 33.9 Å². The van der Waals surface area contributed by atoms with Gasteiger partial charge >= 0.3 is 0 Å². The summed E-state index contributed by atoms with van der Waals surface area (Å²) in [5, 5.41) is 6.66. The summed E-state index contributed by atoms with van der Waals surface area (Å²) in [4.78, 5) is 4.25. The molecular formula is C17H36IN3O2. The Bertz CT molecular complexity index is 326. The van der Waals surface area contributed by atoms with Crippen molar-refractivity contribution >= 4 is 29.9 Å². The molecule has 0 radical (unpaired) electrons. The molecule has 6 heteroatoms. The van der Waals surface area contributed by atoms with Crippen LogP contribution >= 0.6 is 24.0 Å². The Kier molecular flexibility index (Phi) is 12.3. The molecule has 0 bridgehead atoms. The Morgan fingerprint density at radius 3 is 2.39 bits per heavy atom. The molecule has 0 aromatic heterocycles. The highest BCUT2D eigenvalue weighted by Gasteiger charge is 2.24. The molecule has 0 aromatic rings. The molecule has 1 aliphatic carbocycles. The molecule has 0 aromatic carbocycles. The molecule has 1 rings (SSSR count). The number of rotatable bonds is 8. The summed E-state index contributed by atoms with van der Waals surface area (Å²) >= 11 is 0. The van der Waals surface area contributed by atoms with Gasteiger partial charge in [0.2, 0.25) is 0 Å². The van der Waals surface area contributed by atoms with E-state index >= 15 is 0 Å². The smallest absolute Gasteiger partial charge is 0.191 e. The SMILES string of the molecule is CN=C(NCCCOC1CCCC1)NCC(OC)C(C)(C)C.I. The maximum atomic E-state index is 5.86. The van der Waals surface area contributed by atoms with E-state index in [4.69, 9.17) is 9.47 Å². The van der Waals surface area contributed by atoms with Gasteiger partial charge in [0, 0.05) is 33.9 Å². The number of hydrogen-bond donors (Lipinski definition) is 2. The lowest BCUT2D eigenvalue weighted by molar-refractivity contribution is 0.0205. The third-order valence-corrected chi connectivity index (χ3v) is 4.20. The third kappa shape index (κ3) is 9.72. The highest BCUT2D eigenvalue weighted by Crippen LogP contribution is 2.21. The minimum atomic E-state index is 0. The number of nitrogens with zero attached hydrogens (tertiary/aromatic N) is 1. The highest BCUT2D eigenvalue weighted by molar-refractivity contribution is 14.0. The molecule has 0 amide bonds. The quantitative estimate of drug-likeness (QED) is 0.263. The van der Waals surface area contributed by atoms with Gasteiger partial charge < -0.3 is 20.1 Å². The van der Waals surface area contributed by atoms with E-state index in [0.29, 0.717) is 6.10 Å². The summed E-state index contributed by atoms with van der Waals surface area (Å²) in [6.45, 7) is 8.99. The first-order valence-corrected chi connectivity index (χ1v) is 8.56. The van der Waals surface area contributed by atoms with Crippen LogP contribution in [0.15, 0.2) is 4.99 Å². The van der Waals surface area contributed by atoms with Crippen molar-refractivity contribution < 1.29 is 9.47 Å². The largest absolute Gasteiger partial charge is 0.379 e. The lowest BCUT2D eigenvalue weighted by Gasteiger charge is -2.30. The van der Waals surface area contributed by atoms with Gasteiger partial charge in [0.15, 0.2) is 5.96 Å². The molecule has 1 unspecified atom stereocenters. The Hall–Kier alpha value is -0.0800. The Labute approximate surface area is 159 Å². The second-order valence-corrected chi connectivity index (χ2v) is 7.10. The van der Waals surface area contributed by atoms with Crippen LogP contribution < -0.4 is 10.6 Å². The van der Waals surface area contributed by atoms with E-state index in [2.05, 4.69) is 36.4 Å². The van der Waals surface area contributed by atoms with Gasteiger partial charge in [0.1, 0.15) is 0 Å². The van der Waals surface area contributed by atoms with E-state index in [1.165, 1.54) is 25.7 Å². The zero-order valence-corrected chi connectivity index (χ0v) is 17.8. The fourth-order valence-corrected chi connectivity index (χ4v) is 2.74. The number of methoxy groups -OCH3 is 1. The lowest BCUT2D eigenvalue weighted by atomic mass is 9.89. The number of ether oxygens (including phenoxy) is 2. The van der Waals surface area contributed by atoms with Crippen LogP contribution in [0.25, 0.3) is 0 Å². The number of guanidine groups is 1. The van der Waals surface area contributed by atoms with Gasteiger partial charge in [-0.1, -0.05) is 33.6 Å². The van der Waals surface area contributed by atoms with E-state index in [1.807, 2.05) is 0 Å². The minimum Gasteiger partial charge on any atom is -0.379 e. The molecule has 5 nitrogen and oxygen atoms in total. The molecule has 2 N–H and O–H groups in total. The molecule has 0 saturated heterocycles. The van der Waals surface area contributed by atoms with Crippen molar-refractivity contribution in [1.29, 1.82) is 0 Å². The van der Waals surface area contributed by atoms with E-state index in [1.54, 1.807) is 14.2 Å². The van der Waals surface area contributed by atoms with Crippen LogP contribution in [0.2, 0.25) is 0 Å². The van der Waals surface area contributed by atoms with Gasteiger partial charge in [0.25, 0.3) is 0 Å². The first-order chi connectivity index (χ1) is 10.5. The fourth-order valence-electron chi connectivity index (χ4n) is 2.74. The summed E-state index contributed by atoms with van der Waals surface area (Å²) in [7, 11) is 3.55. The average Bonchev–Trinajstić information content (AvgIpc) is 2.97. The molecule has 1 atom stereocenters. The van der Waals surface area contributed by atoms with Gasteiger partial charge in [-0.2, -0.15) is 0 Å². The van der Waals surface area contributed by atoms with Crippen LogP contribution in [0.5, 0.6) is 0 Å². The first kappa shape index (κ1) is 22.9. The lowest BCUT2D eigenvalue weighted by Crippen LogP contribution is -2.45. The van der Waals surface area contributed by atoms with E-state index < -0.39 is 0 Å². The highest BCUT2D eigenvalue weighted by atomic mass is 127. The minimum absolute atomic E-state index is 0. The second-order valence-electron chi connectivity index (χ2n) is 7.10. The summed E-state index contributed by atoms with van der Waals surface area (Å²) in [5.41, 5.74) is 0.107. The second kappa shape index (κ2) is 12.3. The van der Waals surface area contributed by atoms with Crippen LogP contribution in [0, 0.1) is 5.41 Å². The molecule has 138 valence electrons. The van der Waals surface area contributed by atoms with Crippen LogP contribution in [0.1, 0.15) is 52.9 Å². The van der Waals surface area contributed by atoms with E-state index in [-0.39, 0.29) is 35.5 Å². The predicted octanol–water partition coefficient (Wildman–Crippen LogP) is 3.18. The van der Waals surface area contributed by atoms with Crippen molar-refractivity contribution in [1.82, 2.24) is 10.6 Å². The van der Waals surface area contributed by atoms with Crippen LogP contribution in [0.3, 0.4) is 0 Å². The summed E-state index contributed by atoms with van der Waals surface area (Å²) < 4.78 is 11.4. The Morgan fingerprint density at radius 2 is 1.87 bits per heavy atom. The van der Waals surface area contributed by atoms with Crippen LogP contribution in [0.4, 0.5) is 0 Å². The standard InChI is InChI=1S/C17H35N3O2.HI/c1-17(2,3)15(21-5)13-20-16(18-4)19-11-8-12-22-14-9-6-7-10-14;/h14-15H,6-13H2,1-5H3,(H2,18,19,20);1H. The van der Waals surface area contributed by atoms with Gasteiger partial charge in [-0.05, 0) is 24.7 Å². The molecule has 0 heterocycles. The van der Waals surface area contributed by atoms with Gasteiger partial charge in [-0.3, -0.25) is 4.99 Å². The van der Waals surface area contributed by atoms with Crippen molar-refractivity contribution in [2.45, 2.75) is 65.1 Å². The fraction of sp³-hybridized carbons (Fsp3) is 0.941. The maximum absolute atomic E-state index is 5.86. The summed E-state index contributed by atoms with van der Waals surface area (Å²) in [6.07, 6.45) is 6.79. The topological polar surface area (TPSA) is 54.9 Å². The Morgan fingerprint density at radius 1 is 1.22 bits per heavy atom. The molecule has 1 fully saturated rings. The van der Waals surface area contributed by atoms with E-state index in [0.717, 1.165) is 32.1 Å². The molecule has 0 aliphatic heterocycles. The normalized spacial score (nSPS) is 17.7. The summed E-state index contributed by atoms with van der Waals surface area (Å²) in [6, 6.07) is 0. The van der Waals surface area contributed by atoms with Gasteiger partial charge in [-0.25, -0.2) is 0 Å². The predicted molar refractivity (Wildman–Crippen MR) is 108 cm³/mol. The molecule has 23 heavy (non-hydrogen) atoms. The number of hydrogen-bond acceptors (Lipinski definition) is 3. The van der Waals surface area contributed by atoms with Crippen molar-refractivity contribution in [3.8, 4) is 0 Å². The van der Waals surface area contributed by atoms with Crippen molar-refractivity contribution in [3.05, 3.63) is 0 Å². The first-order valence-electron chi connectivity index (χ1n) is 8.56. The third-order valence-electron chi connectivity index (χ3n) is 4.20. The molecule has 1 aliphatic rings. The van der Waals surface area contributed by atoms with Crippen LogP contribution in [-0.4, -0.2) is 52.0 Å². The van der Waals surface area contributed by atoms with Crippen molar-refractivity contribution in [3.63, 3.8) is 0 Å². The number of aliphatic imine (C=N–C) groups is 1. The van der Waals surface area contributed by atoms with E-state index in [9.17, 15) is 0 Å². The zero-order chi connectivity index (χ0) is 16.4.